The van der Waals surface area contributed by atoms with Crippen molar-refractivity contribution < 1.29 is 4.74 Å². The molecule has 1 aliphatic rings. The predicted octanol–water partition coefficient (Wildman–Crippen LogP) is 2.56. The standard InChI is InChI=1S/C12H16BrNO/c1-14(2)7-9-6-10-4-3-5-11(13)12(10)15-8-9/h3-5,9H,6-8H2,1-2H3. The number of para-hydroxylation sites is 1. The van der Waals surface area contributed by atoms with Gasteiger partial charge in [0.05, 0.1) is 11.1 Å². The minimum atomic E-state index is 0.613. The Hall–Kier alpha value is -0.540. The highest BCUT2D eigenvalue weighted by molar-refractivity contribution is 9.10. The first kappa shape index (κ1) is 11.0. The highest BCUT2D eigenvalue weighted by atomic mass is 79.9. The summed E-state index contributed by atoms with van der Waals surface area (Å²) >= 11 is 3.52. The molecule has 2 nitrogen and oxygen atoms in total. The molecule has 0 aromatic heterocycles. The number of ether oxygens (including phenoxy) is 1. The predicted molar refractivity (Wildman–Crippen MR) is 65.4 cm³/mol. The summed E-state index contributed by atoms with van der Waals surface area (Å²) in [7, 11) is 4.22. The van der Waals surface area contributed by atoms with Gasteiger partial charge in [0.15, 0.2) is 0 Å². The van der Waals surface area contributed by atoms with E-state index in [1.807, 2.05) is 6.07 Å². The van der Waals surface area contributed by atoms with Gasteiger partial charge in [0, 0.05) is 12.5 Å². The fraction of sp³-hybridized carbons (Fsp3) is 0.500. The molecule has 0 amide bonds. The Morgan fingerprint density at radius 3 is 3.00 bits per heavy atom. The zero-order valence-electron chi connectivity index (χ0n) is 9.16. The van der Waals surface area contributed by atoms with Gasteiger partial charge in [-0.05, 0) is 48.1 Å². The Morgan fingerprint density at radius 2 is 2.27 bits per heavy atom. The van der Waals surface area contributed by atoms with Crippen molar-refractivity contribution in [2.45, 2.75) is 6.42 Å². The second-order valence-corrected chi connectivity index (χ2v) is 5.23. The number of rotatable bonds is 2. The topological polar surface area (TPSA) is 12.5 Å². The van der Waals surface area contributed by atoms with E-state index in [1.165, 1.54) is 5.56 Å². The zero-order valence-corrected chi connectivity index (χ0v) is 10.8. The third-order valence-electron chi connectivity index (χ3n) is 2.64. The zero-order chi connectivity index (χ0) is 10.8. The molecule has 0 aliphatic carbocycles. The van der Waals surface area contributed by atoms with E-state index in [2.05, 4.69) is 47.1 Å². The molecule has 0 N–H and O–H groups in total. The molecule has 0 fully saturated rings. The van der Waals surface area contributed by atoms with Crippen molar-refractivity contribution in [3.8, 4) is 5.75 Å². The van der Waals surface area contributed by atoms with E-state index >= 15 is 0 Å². The molecule has 15 heavy (non-hydrogen) atoms. The Labute approximate surface area is 99.4 Å². The van der Waals surface area contributed by atoms with Crippen LogP contribution in [0.15, 0.2) is 22.7 Å². The Morgan fingerprint density at radius 1 is 1.47 bits per heavy atom. The molecule has 3 heteroatoms. The molecule has 1 heterocycles. The van der Waals surface area contributed by atoms with Crippen LogP contribution in [0.2, 0.25) is 0 Å². The maximum Gasteiger partial charge on any atom is 0.136 e. The fourth-order valence-corrected chi connectivity index (χ4v) is 2.60. The van der Waals surface area contributed by atoms with E-state index in [0.717, 1.165) is 29.8 Å². The number of benzene rings is 1. The van der Waals surface area contributed by atoms with E-state index in [4.69, 9.17) is 4.74 Å². The largest absolute Gasteiger partial charge is 0.492 e. The van der Waals surface area contributed by atoms with Crippen molar-refractivity contribution >= 4 is 15.9 Å². The maximum atomic E-state index is 5.79. The van der Waals surface area contributed by atoms with Gasteiger partial charge in [0.1, 0.15) is 5.75 Å². The highest BCUT2D eigenvalue weighted by Gasteiger charge is 2.21. The van der Waals surface area contributed by atoms with Gasteiger partial charge in [-0.25, -0.2) is 0 Å². The summed E-state index contributed by atoms with van der Waals surface area (Å²) in [6, 6.07) is 6.26. The third-order valence-corrected chi connectivity index (χ3v) is 3.27. The number of hydrogen-bond donors (Lipinski definition) is 0. The molecule has 0 bridgehead atoms. The van der Waals surface area contributed by atoms with Gasteiger partial charge in [-0.15, -0.1) is 0 Å². The summed E-state index contributed by atoms with van der Waals surface area (Å²) in [6.45, 7) is 1.92. The first-order valence-electron chi connectivity index (χ1n) is 5.21. The molecule has 1 aromatic carbocycles. The van der Waals surface area contributed by atoms with Crippen LogP contribution < -0.4 is 4.74 Å². The van der Waals surface area contributed by atoms with Crippen molar-refractivity contribution in [2.75, 3.05) is 27.2 Å². The van der Waals surface area contributed by atoms with Crippen molar-refractivity contribution in [3.05, 3.63) is 28.2 Å². The monoisotopic (exact) mass is 269 g/mol. The van der Waals surface area contributed by atoms with E-state index < -0.39 is 0 Å². The molecule has 1 aromatic rings. The van der Waals surface area contributed by atoms with Crippen LogP contribution in [-0.2, 0) is 6.42 Å². The third kappa shape index (κ3) is 2.52. The Bertz CT molecular complexity index is 351. The molecule has 0 saturated carbocycles. The van der Waals surface area contributed by atoms with Crippen molar-refractivity contribution in [1.82, 2.24) is 4.90 Å². The van der Waals surface area contributed by atoms with Crippen LogP contribution in [0.25, 0.3) is 0 Å². The summed E-state index contributed by atoms with van der Waals surface area (Å²) < 4.78 is 6.87. The molecule has 2 rings (SSSR count). The second kappa shape index (κ2) is 4.54. The lowest BCUT2D eigenvalue weighted by atomic mass is 9.96. The number of fused-ring (bicyclic) bond motifs is 1. The maximum absolute atomic E-state index is 5.79. The molecule has 82 valence electrons. The summed E-state index contributed by atoms with van der Waals surface area (Å²) in [6.07, 6.45) is 1.12. The lowest BCUT2D eigenvalue weighted by molar-refractivity contribution is 0.187. The molecular formula is C12H16BrNO. The van der Waals surface area contributed by atoms with E-state index in [9.17, 15) is 0 Å². The van der Waals surface area contributed by atoms with Crippen LogP contribution in [0.1, 0.15) is 5.56 Å². The van der Waals surface area contributed by atoms with Gasteiger partial charge in [-0.3, -0.25) is 0 Å². The molecule has 1 unspecified atom stereocenters. The number of hydrogen-bond acceptors (Lipinski definition) is 2. The number of halogens is 1. The number of nitrogens with zero attached hydrogens (tertiary/aromatic N) is 1. The summed E-state index contributed by atoms with van der Waals surface area (Å²) in [5, 5.41) is 0. The van der Waals surface area contributed by atoms with E-state index in [-0.39, 0.29) is 0 Å². The highest BCUT2D eigenvalue weighted by Crippen LogP contribution is 2.34. The first-order valence-corrected chi connectivity index (χ1v) is 6.01. The Kier molecular flexibility index (Phi) is 3.32. The average molecular weight is 270 g/mol. The van der Waals surface area contributed by atoms with E-state index in [0.29, 0.717) is 5.92 Å². The van der Waals surface area contributed by atoms with Crippen LogP contribution in [0, 0.1) is 5.92 Å². The fourth-order valence-electron chi connectivity index (χ4n) is 2.08. The van der Waals surface area contributed by atoms with Crippen LogP contribution in [-0.4, -0.2) is 32.1 Å². The molecular weight excluding hydrogens is 254 g/mol. The van der Waals surface area contributed by atoms with Gasteiger partial charge >= 0.3 is 0 Å². The van der Waals surface area contributed by atoms with Crippen molar-refractivity contribution in [2.24, 2.45) is 5.92 Å². The normalized spacial score (nSPS) is 19.9. The average Bonchev–Trinajstić information content (AvgIpc) is 2.17. The lowest BCUT2D eigenvalue weighted by Gasteiger charge is -2.27. The smallest absolute Gasteiger partial charge is 0.136 e. The van der Waals surface area contributed by atoms with Crippen LogP contribution in [0.4, 0.5) is 0 Å². The van der Waals surface area contributed by atoms with Crippen molar-refractivity contribution in [1.29, 1.82) is 0 Å². The minimum Gasteiger partial charge on any atom is -0.492 e. The van der Waals surface area contributed by atoms with Crippen LogP contribution in [0.5, 0.6) is 5.75 Å². The van der Waals surface area contributed by atoms with Crippen LogP contribution >= 0.6 is 15.9 Å². The van der Waals surface area contributed by atoms with Gasteiger partial charge in [0.2, 0.25) is 0 Å². The van der Waals surface area contributed by atoms with Gasteiger partial charge < -0.3 is 9.64 Å². The minimum absolute atomic E-state index is 0.613. The summed E-state index contributed by atoms with van der Waals surface area (Å²) in [4.78, 5) is 2.22. The summed E-state index contributed by atoms with van der Waals surface area (Å²) in [5.41, 5.74) is 1.32. The SMILES string of the molecule is CN(C)CC1COc2c(Br)cccc2C1. The molecule has 1 atom stereocenters. The van der Waals surface area contributed by atoms with Gasteiger partial charge in [-0.2, -0.15) is 0 Å². The van der Waals surface area contributed by atoms with Gasteiger partial charge in [0.25, 0.3) is 0 Å². The first-order chi connectivity index (χ1) is 7.16. The molecule has 0 spiro atoms. The lowest BCUT2D eigenvalue weighted by Crippen LogP contribution is -2.30. The molecule has 0 saturated heterocycles. The van der Waals surface area contributed by atoms with Crippen LogP contribution in [0.3, 0.4) is 0 Å². The van der Waals surface area contributed by atoms with E-state index in [1.54, 1.807) is 0 Å². The molecule has 1 aliphatic heterocycles. The summed E-state index contributed by atoms with van der Waals surface area (Å²) in [5.74, 6) is 1.65. The van der Waals surface area contributed by atoms with Crippen molar-refractivity contribution in [3.63, 3.8) is 0 Å². The molecule has 0 radical (unpaired) electrons. The Balaban J connectivity index is 2.13. The second-order valence-electron chi connectivity index (χ2n) is 4.37. The quantitative estimate of drug-likeness (QED) is 0.819. The van der Waals surface area contributed by atoms with Gasteiger partial charge in [-0.1, -0.05) is 12.1 Å².